The van der Waals surface area contributed by atoms with E-state index in [0.29, 0.717) is 5.88 Å². The first-order chi connectivity index (χ1) is 6.81. The van der Waals surface area contributed by atoms with Crippen LogP contribution in [0.5, 0.6) is 0 Å². The van der Waals surface area contributed by atoms with Gasteiger partial charge < -0.3 is 8.98 Å². The van der Waals surface area contributed by atoms with Gasteiger partial charge in [-0.05, 0) is 19.1 Å². The topological polar surface area (TPSA) is 31.0 Å². The summed E-state index contributed by atoms with van der Waals surface area (Å²) in [6.45, 7) is 2.05. The zero-order valence-electron chi connectivity index (χ0n) is 7.85. The van der Waals surface area contributed by atoms with Gasteiger partial charge in [-0.1, -0.05) is 0 Å². The number of nitrogens with zero attached hydrogens (tertiary/aromatic N) is 2. The molecule has 0 aromatic carbocycles. The third-order valence-electron chi connectivity index (χ3n) is 2.19. The Kier molecular flexibility index (Phi) is 2.59. The van der Waals surface area contributed by atoms with Crippen LogP contribution in [0.25, 0.3) is 0 Å². The standard InChI is InChI=1S/C10H11ClN2O/c1-8(10-3-2-4-14-10)13-6-9(5-11)12-7-13/h2-4,6-8H,5H2,1H3. The molecule has 0 aliphatic carbocycles. The molecule has 0 amide bonds. The SMILES string of the molecule is CC(c1ccco1)n1cnc(CCl)c1. The average Bonchev–Trinajstić information content (AvgIpc) is 2.88. The molecule has 0 aliphatic rings. The second-order valence-electron chi connectivity index (χ2n) is 3.14. The molecule has 2 rings (SSSR count). The van der Waals surface area contributed by atoms with Crippen molar-refractivity contribution in [1.82, 2.24) is 9.55 Å². The van der Waals surface area contributed by atoms with E-state index in [9.17, 15) is 0 Å². The van der Waals surface area contributed by atoms with Crippen molar-refractivity contribution in [2.45, 2.75) is 18.8 Å². The minimum Gasteiger partial charge on any atom is -0.467 e. The molecular weight excluding hydrogens is 200 g/mol. The van der Waals surface area contributed by atoms with Crippen LogP contribution in [0, 0.1) is 0 Å². The van der Waals surface area contributed by atoms with E-state index in [2.05, 4.69) is 11.9 Å². The first kappa shape index (κ1) is 9.34. The van der Waals surface area contributed by atoms with Gasteiger partial charge in [0.05, 0.1) is 30.2 Å². The maximum atomic E-state index is 5.67. The molecule has 2 heterocycles. The molecule has 3 nitrogen and oxygen atoms in total. The highest BCUT2D eigenvalue weighted by Gasteiger charge is 2.10. The van der Waals surface area contributed by atoms with Crippen LogP contribution < -0.4 is 0 Å². The summed E-state index contributed by atoms with van der Waals surface area (Å²) in [5, 5.41) is 0. The second kappa shape index (κ2) is 3.88. The Hall–Kier alpha value is -1.22. The first-order valence-electron chi connectivity index (χ1n) is 4.43. The lowest BCUT2D eigenvalue weighted by atomic mass is 10.2. The van der Waals surface area contributed by atoms with Crippen LogP contribution in [0.1, 0.15) is 24.4 Å². The van der Waals surface area contributed by atoms with E-state index in [-0.39, 0.29) is 6.04 Å². The lowest BCUT2D eigenvalue weighted by Crippen LogP contribution is -2.02. The van der Waals surface area contributed by atoms with Gasteiger partial charge in [0.2, 0.25) is 0 Å². The Labute approximate surface area is 87.3 Å². The van der Waals surface area contributed by atoms with Crippen LogP contribution in [-0.2, 0) is 5.88 Å². The largest absolute Gasteiger partial charge is 0.467 e. The lowest BCUT2D eigenvalue weighted by molar-refractivity contribution is 0.446. The third-order valence-corrected chi connectivity index (χ3v) is 2.47. The van der Waals surface area contributed by atoms with E-state index in [0.717, 1.165) is 11.5 Å². The number of halogens is 1. The summed E-state index contributed by atoms with van der Waals surface area (Å²) in [5.41, 5.74) is 0.880. The van der Waals surface area contributed by atoms with E-state index in [1.807, 2.05) is 22.9 Å². The maximum Gasteiger partial charge on any atom is 0.126 e. The number of imidazole rings is 1. The fraction of sp³-hybridized carbons (Fsp3) is 0.300. The highest BCUT2D eigenvalue weighted by molar-refractivity contribution is 6.16. The predicted molar refractivity (Wildman–Crippen MR) is 54.3 cm³/mol. The number of alkyl halides is 1. The third kappa shape index (κ3) is 1.68. The summed E-state index contributed by atoms with van der Waals surface area (Å²) in [5.74, 6) is 1.36. The molecule has 0 N–H and O–H groups in total. The van der Waals surface area contributed by atoms with Gasteiger partial charge in [0.15, 0.2) is 0 Å². The van der Waals surface area contributed by atoms with Crippen LogP contribution >= 0.6 is 11.6 Å². The quantitative estimate of drug-likeness (QED) is 0.730. The van der Waals surface area contributed by atoms with Crippen molar-refractivity contribution in [2.24, 2.45) is 0 Å². The van der Waals surface area contributed by atoms with Crippen LogP contribution in [0.3, 0.4) is 0 Å². The summed E-state index contributed by atoms with van der Waals surface area (Å²) in [6, 6.07) is 3.99. The first-order valence-corrected chi connectivity index (χ1v) is 4.96. The van der Waals surface area contributed by atoms with Crippen LogP contribution in [-0.4, -0.2) is 9.55 Å². The molecule has 0 bridgehead atoms. The summed E-state index contributed by atoms with van der Waals surface area (Å²) in [7, 11) is 0. The van der Waals surface area contributed by atoms with Crippen molar-refractivity contribution in [3.8, 4) is 0 Å². The van der Waals surface area contributed by atoms with E-state index in [1.165, 1.54) is 0 Å². The molecule has 2 aromatic heterocycles. The Morgan fingerprint density at radius 2 is 2.50 bits per heavy atom. The highest BCUT2D eigenvalue weighted by atomic mass is 35.5. The van der Waals surface area contributed by atoms with Crippen molar-refractivity contribution in [1.29, 1.82) is 0 Å². The van der Waals surface area contributed by atoms with E-state index >= 15 is 0 Å². The van der Waals surface area contributed by atoms with Gasteiger partial charge in [0.25, 0.3) is 0 Å². The summed E-state index contributed by atoms with van der Waals surface area (Å²) >= 11 is 5.67. The number of furan rings is 1. The van der Waals surface area contributed by atoms with Crippen LogP contribution in [0.2, 0.25) is 0 Å². The molecule has 0 saturated carbocycles. The molecule has 1 unspecified atom stereocenters. The van der Waals surface area contributed by atoms with Crippen LogP contribution in [0.15, 0.2) is 35.3 Å². The molecule has 0 radical (unpaired) electrons. The molecule has 14 heavy (non-hydrogen) atoms. The predicted octanol–water partition coefficient (Wildman–Crippen LogP) is 2.82. The molecule has 1 atom stereocenters. The summed E-state index contributed by atoms with van der Waals surface area (Å²) < 4.78 is 7.29. The fourth-order valence-electron chi connectivity index (χ4n) is 1.34. The molecule has 0 spiro atoms. The van der Waals surface area contributed by atoms with Crippen LogP contribution in [0.4, 0.5) is 0 Å². The summed E-state index contributed by atoms with van der Waals surface area (Å²) in [4.78, 5) is 4.15. The Balaban J connectivity index is 2.23. The maximum absolute atomic E-state index is 5.67. The smallest absolute Gasteiger partial charge is 0.126 e. The molecule has 0 fully saturated rings. The van der Waals surface area contributed by atoms with Crippen molar-refractivity contribution >= 4 is 11.6 Å². The minimum absolute atomic E-state index is 0.162. The number of rotatable bonds is 3. The van der Waals surface area contributed by atoms with Crippen molar-refractivity contribution < 1.29 is 4.42 Å². The van der Waals surface area contributed by atoms with Gasteiger partial charge in [-0.3, -0.25) is 0 Å². The molecule has 74 valence electrons. The Morgan fingerprint density at radius 1 is 1.64 bits per heavy atom. The number of hydrogen-bond donors (Lipinski definition) is 0. The van der Waals surface area contributed by atoms with Gasteiger partial charge in [0, 0.05) is 6.20 Å². The second-order valence-corrected chi connectivity index (χ2v) is 3.40. The lowest BCUT2D eigenvalue weighted by Gasteiger charge is -2.08. The van der Waals surface area contributed by atoms with Gasteiger partial charge in [0.1, 0.15) is 5.76 Å². The molecular formula is C10H11ClN2O. The van der Waals surface area contributed by atoms with Gasteiger partial charge in [-0.15, -0.1) is 11.6 Å². The normalized spacial score (nSPS) is 13.0. The van der Waals surface area contributed by atoms with Crippen molar-refractivity contribution in [2.75, 3.05) is 0 Å². The molecule has 2 aromatic rings. The fourth-order valence-corrected chi connectivity index (χ4v) is 1.47. The Morgan fingerprint density at radius 3 is 3.07 bits per heavy atom. The zero-order valence-corrected chi connectivity index (χ0v) is 8.61. The number of aromatic nitrogens is 2. The van der Waals surface area contributed by atoms with E-state index in [4.69, 9.17) is 16.0 Å². The van der Waals surface area contributed by atoms with Gasteiger partial charge in [-0.2, -0.15) is 0 Å². The monoisotopic (exact) mass is 210 g/mol. The molecule has 0 saturated heterocycles. The zero-order chi connectivity index (χ0) is 9.97. The van der Waals surface area contributed by atoms with E-state index < -0.39 is 0 Å². The molecule has 4 heteroatoms. The van der Waals surface area contributed by atoms with Crippen molar-refractivity contribution in [3.05, 3.63) is 42.4 Å². The van der Waals surface area contributed by atoms with E-state index in [1.54, 1.807) is 12.6 Å². The Bertz CT molecular complexity index is 394. The minimum atomic E-state index is 0.162. The molecule has 0 aliphatic heterocycles. The van der Waals surface area contributed by atoms with Gasteiger partial charge >= 0.3 is 0 Å². The summed E-state index contributed by atoms with van der Waals surface area (Å²) in [6.07, 6.45) is 5.37. The number of hydrogen-bond acceptors (Lipinski definition) is 2. The van der Waals surface area contributed by atoms with Gasteiger partial charge in [-0.25, -0.2) is 4.98 Å². The highest BCUT2D eigenvalue weighted by Crippen LogP contribution is 2.18. The van der Waals surface area contributed by atoms with Crippen molar-refractivity contribution in [3.63, 3.8) is 0 Å². The average molecular weight is 211 g/mol.